The highest BCUT2D eigenvalue weighted by Gasteiger charge is 2.16. The Hall–Kier alpha value is -1.28. The topological polar surface area (TPSA) is 18.5 Å². The van der Waals surface area contributed by atoms with E-state index in [1.165, 1.54) is 5.56 Å². The van der Waals surface area contributed by atoms with Crippen molar-refractivity contribution in [2.45, 2.75) is 13.2 Å². The summed E-state index contributed by atoms with van der Waals surface area (Å²) in [7, 11) is 0. The third-order valence-electron chi connectivity index (χ3n) is 2.02. The summed E-state index contributed by atoms with van der Waals surface area (Å²) in [5.41, 5.74) is 2.28. The van der Waals surface area contributed by atoms with Crippen molar-refractivity contribution in [2.24, 2.45) is 0 Å². The van der Waals surface area contributed by atoms with E-state index < -0.39 is 0 Å². The minimum atomic E-state index is -0.230. The SMILES string of the molecule is CCOC1OC=Cc2ccccc21. The summed E-state index contributed by atoms with van der Waals surface area (Å²) < 4.78 is 10.8. The zero-order chi connectivity index (χ0) is 9.10. The summed E-state index contributed by atoms with van der Waals surface area (Å²) in [4.78, 5) is 0. The van der Waals surface area contributed by atoms with Gasteiger partial charge in [0.1, 0.15) is 0 Å². The Labute approximate surface area is 77.8 Å². The standard InChI is InChI=1S/C11H12O2/c1-2-12-11-10-6-4-3-5-9(10)7-8-13-11/h3-8,11H,2H2,1H3. The number of benzene rings is 1. The first kappa shape index (κ1) is 8.32. The zero-order valence-corrected chi connectivity index (χ0v) is 7.57. The monoisotopic (exact) mass is 176 g/mol. The number of hydrogen-bond acceptors (Lipinski definition) is 2. The molecule has 0 saturated carbocycles. The minimum Gasteiger partial charge on any atom is -0.468 e. The molecule has 1 heterocycles. The number of rotatable bonds is 2. The molecule has 0 aliphatic carbocycles. The van der Waals surface area contributed by atoms with E-state index in [2.05, 4.69) is 6.07 Å². The maximum atomic E-state index is 5.44. The van der Waals surface area contributed by atoms with Crippen LogP contribution in [-0.2, 0) is 9.47 Å². The van der Waals surface area contributed by atoms with E-state index in [0.717, 1.165) is 5.56 Å². The van der Waals surface area contributed by atoms with Crippen LogP contribution in [0.4, 0.5) is 0 Å². The van der Waals surface area contributed by atoms with E-state index in [0.29, 0.717) is 6.61 Å². The lowest BCUT2D eigenvalue weighted by atomic mass is 10.1. The summed E-state index contributed by atoms with van der Waals surface area (Å²) in [6, 6.07) is 8.09. The Morgan fingerprint density at radius 2 is 2.23 bits per heavy atom. The maximum Gasteiger partial charge on any atom is 0.226 e. The van der Waals surface area contributed by atoms with E-state index >= 15 is 0 Å². The van der Waals surface area contributed by atoms with Crippen molar-refractivity contribution in [3.05, 3.63) is 41.7 Å². The predicted octanol–water partition coefficient (Wildman–Crippen LogP) is 2.72. The molecule has 0 amide bonds. The van der Waals surface area contributed by atoms with Gasteiger partial charge in [0.25, 0.3) is 0 Å². The predicted molar refractivity (Wildman–Crippen MR) is 50.9 cm³/mol. The Kier molecular flexibility index (Phi) is 2.32. The number of hydrogen-bond donors (Lipinski definition) is 0. The zero-order valence-electron chi connectivity index (χ0n) is 7.57. The van der Waals surface area contributed by atoms with E-state index in [4.69, 9.17) is 9.47 Å². The molecule has 2 heteroatoms. The highest BCUT2D eigenvalue weighted by Crippen LogP contribution is 2.27. The van der Waals surface area contributed by atoms with E-state index in [1.54, 1.807) is 6.26 Å². The normalized spacial score (nSPS) is 19.3. The second-order valence-corrected chi connectivity index (χ2v) is 2.86. The molecule has 0 saturated heterocycles. The Morgan fingerprint density at radius 1 is 1.38 bits per heavy atom. The highest BCUT2D eigenvalue weighted by atomic mass is 16.7. The number of fused-ring (bicyclic) bond motifs is 1. The van der Waals surface area contributed by atoms with Crippen LogP contribution in [-0.4, -0.2) is 6.61 Å². The molecule has 1 unspecified atom stereocenters. The van der Waals surface area contributed by atoms with Gasteiger partial charge in [0.2, 0.25) is 6.29 Å². The van der Waals surface area contributed by atoms with Crippen LogP contribution >= 0.6 is 0 Å². The van der Waals surface area contributed by atoms with Crippen LogP contribution in [0.2, 0.25) is 0 Å². The quantitative estimate of drug-likeness (QED) is 0.689. The summed E-state index contributed by atoms with van der Waals surface area (Å²) in [5.74, 6) is 0. The van der Waals surface area contributed by atoms with Gasteiger partial charge >= 0.3 is 0 Å². The first-order valence-corrected chi connectivity index (χ1v) is 4.44. The molecule has 2 nitrogen and oxygen atoms in total. The fraction of sp³-hybridized carbons (Fsp3) is 0.273. The molecule has 1 aliphatic heterocycles. The summed E-state index contributed by atoms with van der Waals surface area (Å²) in [6.45, 7) is 2.62. The molecule has 13 heavy (non-hydrogen) atoms. The van der Waals surface area contributed by atoms with Gasteiger partial charge in [-0.3, -0.25) is 0 Å². The lowest BCUT2D eigenvalue weighted by molar-refractivity contribution is -0.107. The van der Waals surface area contributed by atoms with Gasteiger partial charge in [-0.25, -0.2) is 0 Å². The van der Waals surface area contributed by atoms with Gasteiger partial charge in [0, 0.05) is 12.2 Å². The van der Waals surface area contributed by atoms with Crippen LogP contribution in [0, 0.1) is 0 Å². The van der Waals surface area contributed by atoms with Gasteiger partial charge < -0.3 is 9.47 Å². The largest absolute Gasteiger partial charge is 0.468 e. The van der Waals surface area contributed by atoms with Crippen LogP contribution in [0.25, 0.3) is 6.08 Å². The Morgan fingerprint density at radius 3 is 3.08 bits per heavy atom. The highest BCUT2D eigenvalue weighted by molar-refractivity contribution is 5.54. The van der Waals surface area contributed by atoms with Crippen molar-refractivity contribution in [2.75, 3.05) is 6.61 Å². The molecule has 0 radical (unpaired) electrons. The first-order valence-electron chi connectivity index (χ1n) is 4.44. The molecule has 1 aromatic rings. The molecule has 0 N–H and O–H groups in total. The molecule has 0 bridgehead atoms. The third-order valence-corrected chi connectivity index (χ3v) is 2.02. The van der Waals surface area contributed by atoms with Gasteiger partial charge in [0.05, 0.1) is 6.26 Å². The molecule has 1 aliphatic rings. The van der Waals surface area contributed by atoms with Crippen LogP contribution in [0.5, 0.6) is 0 Å². The van der Waals surface area contributed by atoms with Crippen molar-refractivity contribution >= 4 is 6.08 Å². The smallest absolute Gasteiger partial charge is 0.226 e. The van der Waals surface area contributed by atoms with Gasteiger partial charge in [-0.2, -0.15) is 0 Å². The second-order valence-electron chi connectivity index (χ2n) is 2.86. The van der Waals surface area contributed by atoms with Crippen molar-refractivity contribution in [3.63, 3.8) is 0 Å². The molecule has 1 aromatic carbocycles. The van der Waals surface area contributed by atoms with Gasteiger partial charge in [0.15, 0.2) is 0 Å². The molecule has 68 valence electrons. The van der Waals surface area contributed by atoms with Gasteiger partial charge in [-0.15, -0.1) is 0 Å². The molecule has 2 rings (SSSR count). The number of ether oxygens (including phenoxy) is 2. The van der Waals surface area contributed by atoms with Crippen molar-refractivity contribution in [1.29, 1.82) is 0 Å². The van der Waals surface area contributed by atoms with E-state index in [-0.39, 0.29) is 6.29 Å². The first-order chi connectivity index (χ1) is 6.42. The average Bonchev–Trinajstić information content (AvgIpc) is 2.19. The molecule has 1 atom stereocenters. The van der Waals surface area contributed by atoms with Crippen molar-refractivity contribution < 1.29 is 9.47 Å². The Balaban J connectivity index is 2.32. The van der Waals surface area contributed by atoms with Crippen LogP contribution in [0.3, 0.4) is 0 Å². The molecule has 0 aromatic heterocycles. The maximum absolute atomic E-state index is 5.44. The summed E-state index contributed by atoms with van der Waals surface area (Å²) >= 11 is 0. The molecule has 0 spiro atoms. The van der Waals surface area contributed by atoms with Gasteiger partial charge in [-0.05, 0) is 18.6 Å². The van der Waals surface area contributed by atoms with Crippen LogP contribution in [0.15, 0.2) is 30.5 Å². The van der Waals surface area contributed by atoms with Crippen molar-refractivity contribution in [3.8, 4) is 0 Å². The lowest BCUT2D eigenvalue weighted by Crippen LogP contribution is -2.09. The van der Waals surface area contributed by atoms with E-state index in [1.807, 2.05) is 31.2 Å². The second kappa shape index (κ2) is 3.62. The average molecular weight is 176 g/mol. The third kappa shape index (κ3) is 1.58. The van der Waals surface area contributed by atoms with Gasteiger partial charge in [-0.1, -0.05) is 24.3 Å². The fourth-order valence-corrected chi connectivity index (χ4v) is 1.42. The minimum absolute atomic E-state index is 0.230. The van der Waals surface area contributed by atoms with Crippen LogP contribution in [0.1, 0.15) is 24.3 Å². The summed E-state index contributed by atoms with van der Waals surface area (Å²) in [5, 5.41) is 0. The lowest BCUT2D eigenvalue weighted by Gasteiger charge is -2.21. The van der Waals surface area contributed by atoms with Crippen LogP contribution < -0.4 is 0 Å². The molecular weight excluding hydrogens is 164 g/mol. The Bertz CT molecular complexity index is 318. The molecule has 0 fully saturated rings. The molecular formula is C11H12O2. The van der Waals surface area contributed by atoms with E-state index in [9.17, 15) is 0 Å². The van der Waals surface area contributed by atoms with Crippen molar-refractivity contribution in [1.82, 2.24) is 0 Å². The fourth-order valence-electron chi connectivity index (χ4n) is 1.42. The summed E-state index contributed by atoms with van der Waals surface area (Å²) in [6.07, 6.45) is 3.40.